The molecule has 1 rings (SSSR count). The molecule has 0 saturated heterocycles. The van der Waals surface area contributed by atoms with E-state index in [-0.39, 0.29) is 0 Å². The van der Waals surface area contributed by atoms with Crippen molar-refractivity contribution < 1.29 is 0 Å². The van der Waals surface area contributed by atoms with Crippen molar-refractivity contribution in [1.29, 1.82) is 0 Å². The molecule has 14 heavy (non-hydrogen) atoms. The van der Waals surface area contributed by atoms with Crippen molar-refractivity contribution >= 4 is 0 Å². The van der Waals surface area contributed by atoms with Gasteiger partial charge >= 0.3 is 0 Å². The van der Waals surface area contributed by atoms with E-state index in [4.69, 9.17) is 0 Å². The quantitative estimate of drug-likeness (QED) is 0.585. The van der Waals surface area contributed by atoms with Crippen molar-refractivity contribution in [3.05, 3.63) is 47.0 Å². The summed E-state index contributed by atoms with van der Waals surface area (Å²) >= 11 is 0. The predicted octanol–water partition coefficient (Wildman–Crippen LogP) is 3.57. The fourth-order valence-corrected chi connectivity index (χ4v) is 1.07. The fourth-order valence-electron chi connectivity index (χ4n) is 1.07. The second kappa shape index (κ2) is 5.29. The summed E-state index contributed by atoms with van der Waals surface area (Å²) in [5.74, 6) is 6.23. The molecule has 1 aromatic carbocycles. The first-order valence-corrected chi connectivity index (χ1v) is 5.00. The van der Waals surface area contributed by atoms with E-state index in [1.165, 1.54) is 5.56 Å². The molecule has 0 heteroatoms. The summed E-state index contributed by atoms with van der Waals surface area (Å²) in [6, 6.07) is 8.42. The van der Waals surface area contributed by atoms with Crippen LogP contribution in [0.25, 0.3) is 0 Å². The average molecular weight is 184 g/mol. The van der Waals surface area contributed by atoms with Gasteiger partial charge in [-0.2, -0.15) is 0 Å². The van der Waals surface area contributed by atoms with E-state index in [2.05, 4.69) is 43.0 Å². The van der Waals surface area contributed by atoms with Crippen LogP contribution in [-0.2, 0) is 6.42 Å². The van der Waals surface area contributed by atoms with Crippen LogP contribution < -0.4 is 0 Å². The standard InChI is InChI=1S/C14H16/c1-4-12(3)6-7-14-10-8-13(5-2)9-11-14/h4,8-11H,5H2,1-3H3. The number of allylic oxidation sites excluding steroid dienone is 2. The molecule has 0 fully saturated rings. The maximum Gasteiger partial charge on any atom is 0.0249 e. The summed E-state index contributed by atoms with van der Waals surface area (Å²) in [4.78, 5) is 0. The van der Waals surface area contributed by atoms with Crippen molar-refractivity contribution in [2.45, 2.75) is 27.2 Å². The van der Waals surface area contributed by atoms with Gasteiger partial charge in [0.1, 0.15) is 0 Å². The Kier molecular flexibility index (Phi) is 4.01. The molecule has 0 saturated carbocycles. The third-order valence-corrected chi connectivity index (χ3v) is 2.20. The highest BCUT2D eigenvalue weighted by Crippen LogP contribution is 2.03. The molecule has 0 unspecified atom stereocenters. The summed E-state index contributed by atoms with van der Waals surface area (Å²) < 4.78 is 0. The van der Waals surface area contributed by atoms with E-state index in [0.29, 0.717) is 0 Å². The summed E-state index contributed by atoms with van der Waals surface area (Å²) in [6.45, 7) is 6.18. The molecule has 0 nitrogen and oxygen atoms in total. The van der Waals surface area contributed by atoms with Gasteiger partial charge in [0.05, 0.1) is 0 Å². The normalized spacial score (nSPS) is 10.6. The molecule has 0 aliphatic carbocycles. The van der Waals surface area contributed by atoms with Gasteiger partial charge in [0.15, 0.2) is 0 Å². The van der Waals surface area contributed by atoms with Crippen LogP contribution in [0.4, 0.5) is 0 Å². The van der Waals surface area contributed by atoms with Crippen LogP contribution in [-0.4, -0.2) is 0 Å². The van der Waals surface area contributed by atoms with Gasteiger partial charge in [-0.3, -0.25) is 0 Å². The van der Waals surface area contributed by atoms with Gasteiger partial charge in [0.25, 0.3) is 0 Å². The molecule has 0 aliphatic rings. The molecule has 0 N–H and O–H groups in total. The van der Waals surface area contributed by atoms with Crippen LogP contribution in [0.5, 0.6) is 0 Å². The van der Waals surface area contributed by atoms with Crippen LogP contribution >= 0.6 is 0 Å². The monoisotopic (exact) mass is 184 g/mol. The molecule has 0 atom stereocenters. The number of hydrogen-bond donors (Lipinski definition) is 0. The topological polar surface area (TPSA) is 0 Å². The van der Waals surface area contributed by atoms with Gasteiger partial charge in [-0.05, 0) is 43.5 Å². The van der Waals surface area contributed by atoms with Gasteiger partial charge in [0, 0.05) is 5.56 Å². The molecule has 0 heterocycles. The molecule has 0 amide bonds. The summed E-state index contributed by atoms with van der Waals surface area (Å²) in [6.07, 6.45) is 3.11. The lowest BCUT2D eigenvalue weighted by Crippen LogP contribution is -1.80. The molecule has 0 bridgehead atoms. The van der Waals surface area contributed by atoms with Crippen LogP contribution in [0.3, 0.4) is 0 Å². The Morgan fingerprint density at radius 2 is 1.93 bits per heavy atom. The zero-order valence-corrected chi connectivity index (χ0v) is 9.09. The third-order valence-electron chi connectivity index (χ3n) is 2.20. The predicted molar refractivity (Wildman–Crippen MR) is 62.1 cm³/mol. The minimum absolute atomic E-state index is 1.08. The first-order valence-electron chi connectivity index (χ1n) is 5.00. The minimum atomic E-state index is 1.08. The lowest BCUT2D eigenvalue weighted by Gasteiger charge is -1.94. The molecule has 1 aromatic rings. The van der Waals surface area contributed by atoms with Gasteiger partial charge in [-0.15, -0.1) is 0 Å². The zero-order valence-electron chi connectivity index (χ0n) is 9.09. The summed E-state index contributed by atoms with van der Waals surface area (Å²) in [7, 11) is 0. The van der Waals surface area contributed by atoms with Crippen LogP contribution in [0.2, 0.25) is 0 Å². The van der Waals surface area contributed by atoms with Gasteiger partial charge in [0.2, 0.25) is 0 Å². The Bertz CT molecular complexity index is 369. The van der Waals surface area contributed by atoms with E-state index in [1.54, 1.807) is 0 Å². The first kappa shape index (κ1) is 10.6. The molecule has 0 aliphatic heterocycles. The second-order valence-electron chi connectivity index (χ2n) is 3.27. The molecule has 0 aromatic heterocycles. The number of benzene rings is 1. The van der Waals surface area contributed by atoms with Gasteiger partial charge in [-0.25, -0.2) is 0 Å². The van der Waals surface area contributed by atoms with E-state index < -0.39 is 0 Å². The largest absolute Gasteiger partial charge is 0.0763 e. The highest BCUT2D eigenvalue weighted by atomic mass is 13.9. The Labute approximate surface area is 86.7 Å². The summed E-state index contributed by atoms with van der Waals surface area (Å²) in [5.41, 5.74) is 3.56. The molecular formula is C14H16. The van der Waals surface area contributed by atoms with Crippen molar-refractivity contribution in [2.75, 3.05) is 0 Å². The number of hydrogen-bond acceptors (Lipinski definition) is 0. The Hall–Kier alpha value is -1.48. The average Bonchev–Trinajstić information content (AvgIpc) is 2.26. The molecule has 72 valence electrons. The van der Waals surface area contributed by atoms with Crippen LogP contribution in [0, 0.1) is 11.8 Å². The van der Waals surface area contributed by atoms with Crippen LogP contribution in [0.1, 0.15) is 31.9 Å². The Balaban J connectivity index is 2.81. The van der Waals surface area contributed by atoms with Crippen molar-refractivity contribution in [3.63, 3.8) is 0 Å². The zero-order chi connectivity index (χ0) is 10.4. The van der Waals surface area contributed by atoms with Gasteiger partial charge < -0.3 is 0 Å². The minimum Gasteiger partial charge on any atom is -0.0763 e. The maximum absolute atomic E-state index is 3.13. The van der Waals surface area contributed by atoms with E-state index in [1.807, 2.05) is 19.9 Å². The fraction of sp³-hybridized carbons (Fsp3) is 0.286. The summed E-state index contributed by atoms with van der Waals surface area (Å²) in [5, 5.41) is 0. The Morgan fingerprint density at radius 1 is 1.29 bits per heavy atom. The number of aryl methyl sites for hydroxylation is 1. The number of rotatable bonds is 1. The Morgan fingerprint density at radius 3 is 2.43 bits per heavy atom. The van der Waals surface area contributed by atoms with E-state index in [0.717, 1.165) is 17.6 Å². The van der Waals surface area contributed by atoms with E-state index >= 15 is 0 Å². The highest BCUT2D eigenvalue weighted by molar-refractivity contribution is 5.40. The maximum atomic E-state index is 3.13. The first-order chi connectivity index (χ1) is 6.76. The third kappa shape index (κ3) is 3.11. The van der Waals surface area contributed by atoms with Crippen molar-refractivity contribution in [3.8, 4) is 11.8 Å². The van der Waals surface area contributed by atoms with Crippen LogP contribution in [0.15, 0.2) is 35.9 Å². The smallest absolute Gasteiger partial charge is 0.0249 e. The molecular weight excluding hydrogens is 168 g/mol. The lowest BCUT2D eigenvalue weighted by atomic mass is 10.1. The second-order valence-corrected chi connectivity index (χ2v) is 3.27. The highest BCUT2D eigenvalue weighted by Gasteiger charge is 1.88. The van der Waals surface area contributed by atoms with Gasteiger partial charge in [-0.1, -0.05) is 37.0 Å². The van der Waals surface area contributed by atoms with Crippen molar-refractivity contribution in [1.82, 2.24) is 0 Å². The van der Waals surface area contributed by atoms with Crippen molar-refractivity contribution in [2.24, 2.45) is 0 Å². The van der Waals surface area contributed by atoms with E-state index in [9.17, 15) is 0 Å². The molecule has 0 spiro atoms. The lowest BCUT2D eigenvalue weighted by molar-refractivity contribution is 1.14. The SMILES string of the molecule is CC=C(C)C#Cc1ccc(CC)cc1. The molecule has 0 radical (unpaired) electrons.